The first-order valence-corrected chi connectivity index (χ1v) is 9.63. The summed E-state index contributed by atoms with van der Waals surface area (Å²) < 4.78 is 9.46. The first-order valence-electron chi connectivity index (χ1n) is 9.63. The zero-order valence-electron chi connectivity index (χ0n) is 17.4. The van der Waals surface area contributed by atoms with Crippen LogP contribution in [0.2, 0.25) is 0 Å². The van der Waals surface area contributed by atoms with Crippen LogP contribution in [0.1, 0.15) is 92.9 Å². The molecule has 7 heteroatoms. The van der Waals surface area contributed by atoms with Crippen molar-refractivity contribution < 1.29 is 33.8 Å². The monoisotopic (exact) mass is 378 g/mol. The van der Waals surface area contributed by atoms with E-state index in [9.17, 15) is 4.79 Å². The number of rotatable bonds is 16. The Morgan fingerprint density at radius 1 is 0.692 bits per heavy atom. The largest absolute Gasteiger partial charge is 0.512 e. The van der Waals surface area contributed by atoms with E-state index in [1.807, 2.05) is 27.7 Å². The maximum absolute atomic E-state index is 11.4. The maximum Gasteiger partial charge on any atom is 0.512 e. The minimum atomic E-state index is -0.912. The van der Waals surface area contributed by atoms with Crippen LogP contribution in [-0.4, -0.2) is 30.9 Å². The third-order valence-corrected chi connectivity index (χ3v) is 3.78. The minimum Gasteiger partial charge on any atom is -0.404 e. The Balaban J connectivity index is 3.68. The lowest BCUT2D eigenvalue weighted by Crippen LogP contribution is -2.26. The van der Waals surface area contributed by atoms with Crippen molar-refractivity contribution in [1.82, 2.24) is 0 Å². The Morgan fingerprint density at radius 2 is 1.08 bits per heavy atom. The van der Waals surface area contributed by atoms with Gasteiger partial charge >= 0.3 is 6.16 Å². The summed E-state index contributed by atoms with van der Waals surface area (Å²) in [4.78, 5) is 31.7. The number of unbranched alkanes of at least 4 members (excludes halogenated alkanes) is 4. The molecule has 0 saturated heterocycles. The molecule has 0 amide bonds. The van der Waals surface area contributed by atoms with Gasteiger partial charge in [0.1, 0.15) is 0 Å². The Morgan fingerprint density at radius 3 is 1.42 bits per heavy atom. The van der Waals surface area contributed by atoms with Gasteiger partial charge in [-0.2, -0.15) is 9.78 Å². The lowest BCUT2D eigenvalue weighted by molar-refractivity contribution is -0.389. The minimum absolute atomic E-state index is 0.348. The molecular weight excluding hydrogens is 340 g/mol. The van der Waals surface area contributed by atoms with Crippen molar-refractivity contribution in [2.75, 3.05) is 13.6 Å². The lowest BCUT2D eigenvalue weighted by Gasteiger charge is -2.23. The summed E-state index contributed by atoms with van der Waals surface area (Å²) in [5, 5.41) is 0. The highest BCUT2D eigenvalue weighted by Crippen LogP contribution is 2.19. The highest BCUT2D eigenvalue weighted by Gasteiger charge is 2.21. The molecule has 26 heavy (non-hydrogen) atoms. The number of carbonyl (C=O) groups excluding carboxylic acids is 1. The molecule has 0 unspecified atom stereocenters. The number of ether oxygens (including phenoxy) is 2. The van der Waals surface area contributed by atoms with E-state index < -0.39 is 17.4 Å². The van der Waals surface area contributed by atoms with Crippen LogP contribution in [0.15, 0.2) is 0 Å². The third kappa shape index (κ3) is 15.4. The van der Waals surface area contributed by atoms with E-state index >= 15 is 0 Å². The molecule has 7 nitrogen and oxygen atoms in total. The van der Waals surface area contributed by atoms with Gasteiger partial charge in [-0.15, -0.1) is 0 Å². The Kier molecular flexibility index (Phi) is 13.7. The van der Waals surface area contributed by atoms with E-state index in [4.69, 9.17) is 29.0 Å². The molecule has 0 aliphatic heterocycles. The molecule has 0 rings (SSSR count). The van der Waals surface area contributed by atoms with Crippen LogP contribution in [0.5, 0.6) is 0 Å². The first kappa shape index (κ1) is 25.1. The Labute approximate surface area is 158 Å². The summed E-state index contributed by atoms with van der Waals surface area (Å²) in [7, 11) is 0. The molecule has 0 spiro atoms. The van der Waals surface area contributed by atoms with Crippen LogP contribution >= 0.6 is 0 Å². The molecule has 0 N–H and O–H groups in total. The quantitative estimate of drug-likeness (QED) is 0.113. The van der Waals surface area contributed by atoms with Crippen molar-refractivity contribution in [3.05, 3.63) is 0 Å². The molecule has 0 aromatic carbocycles. The fourth-order valence-electron chi connectivity index (χ4n) is 2.24. The van der Waals surface area contributed by atoms with Crippen LogP contribution in [0, 0.1) is 0 Å². The Bertz CT molecular complexity index is 324. The lowest BCUT2D eigenvalue weighted by atomic mass is 10.0. The van der Waals surface area contributed by atoms with Gasteiger partial charge in [-0.05, 0) is 40.5 Å². The van der Waals surface area contributed by atoms with Gasteiger partial charge in [0.25, 0.3) is 0 Å². The van der Waals surface area contributed by atoms with E-state index in [-0.39, 0.29) is 13.6 Å². The van der Waals surface area contributed by atoms with Crippen molar-refractivity contribution >= 4 is 6.16 Å². The molecule has 0 bridgehead atoms. The molecule has 0 heterocycles. The van der Waals surface area contributed by atoms with Crippen molar-refractivity contribution in [2.45, 2.75) is 104 Å². The van der Waals surface area contributed by atoms with E-state index in [0.29, 0.717) is 0 Å². The number of hydrogen-bond donors (Lipinski definition) is 0. The predicted molar refractivity (Wildman–Crippen MR) is 98.1 cm³/mol. The highest BCUT2D eigenvalue weighted by molar-refractivity contribution is 5.59. The molecule has 0 radical (unpaired) electrons. The highest BCUT2D eigenvalue weighted by atomic mass is 17.2. The molecule has 156 valence electrons. The zero-order chi connectivity index (χ0) is 19.9. The average molecular weight is 379 g/mol. The van der Waals surface area contributed by atoms with Gasteiger partial charge in [0, 0.05) is 0 Å². The standard InChI is InChI=1S/C19H38O7/c1-7-9-11-13-18(3,4)25-23-15-21-17(20)22-16-24-26-19(5,6)14-12-10-8-2/h7-16H2,1-6H3. The number of carbonyl (C=O) groups is 1. The van der Waals surface area contributed by atoms with Gasteiger partial charge in [0.15, 0.2) is 0 Å². The van der Waals surface area contributed by atoms with Crippen LogP contribution in [0.25, 0.3) is 0 Å². The van der Waals surface area contributed by atoms with Crippen LogP contribution in [0.4, 0.5) is 4.79 Å². The molecular formula is C19H38O7. The van der Waals surface area contributed by atoms with Crippen molar-refractivity contribution in [3.63, 3.8) is 0 Å². The van der Waals surface area contributed by atoms with Crippen LogP contribution in [0.3, 0.4) is 0 Å². The third-order valence-electron chi connectivity index (χ3n) is 3.78. The summed E-state index contributed by atoms with van der Waals surface area (Å²) in [6, 6.07) is 0. The molecule has 0 atom stereocenters. The van der Waals surface area contributed by atoms with Gasteiger partial charge in [0.2, 0.25) is 13.6 Å². The summed E-state index contributed by atoms with van der Waals surface area (Å²) in [6.07, 6.45) is 7.52. The molecule has 0 aliphatic rings. The summed E-state index contributed by atoms with van der Waals surface area (Å²) >= 11 is 0. The van der Waals surface area contributed by atoms with E-state index in [1.54, 1.807) is 0 Å². The predicted octanol–water partition coefficient (Wildman–Crippen LogP) is 5.67. The topological polar surface area (TPSA) is 72.5 Å². The van der Waals surface area contributed by atoms with Crippen molar-refractivity contribution in [3.8, 4) is 0 Å². The summed E-state index contributed by atoms with van der Waals surface area (Å²) in [6.45, 7) is 11.3. The van der Waals surface area contributed by atoms with E-state index in [2.05, 4.69) is 13.8 Å². The van der Waals surface area contributed by atoms with Crippen molar-refractivity contribution in [1.29, 1.82) is 0 Å². The van der Waals surface area contributed by atoms with E-state index in [1.165, 1.54) is 0 Å². The fourth-order valence-corrected chi connectivity index (χ4v) is 2.24. The molecule has 0 fully saturated rings. The summed E-state index contributed by atoms with van der Waals surface area (Å²) in [5.74, 6) is 0. The van der Waals surface area contributed by atoms with Crippen LogP contribution < -0.4 is 0 Å². The SMILES string of the molecule is CCCCCC(C)(C)OOCOC(=O)OCOOC(C)(C)CCCCC. The smallest absolute Gasteiger partial charge is 0.404 e. The summed E-state index contributed by atoms with van der Waals surface area (Å²) in [5.41, 5.74) is -0.856. The molecule has 0 aromatic heterocycles. The second kappa shape index (κ2) is 14.2. The van der Waals surface area contributed by atoms with Gasteiger partial charge < -0.3 is 9.47 Å². The van der Waals surface area contributed by atoms with Crippen molar-refractivity contribution in [2.24, 2.45) is 0 Å². The number of hydrogen-bond acceptors (Lipinski definition) is 7. The van der Waals surface area contributed by atoms with Gasteiger partial charge in [-0.1, -0.05) is 52.4 Å². The molecule has 0 aromatic rings. The molecule has 0 saturated carbocycles. The van der Waals surface area contributed by atoms with Crippen LogP contribution in [-0.2, 0) is 29.0 Å². The van der Waals surface area contributed by atoms with Gasteiger partial charge in [0.05, 0.1) is 11.2 Å². The zero-order valence-corrected chi connectivity index (χ0v) is 17.4. The van der Waals surface area contributed by atoms with E-state index in [0.717, 1.165) is 51.4 Å². The first-order chi connectivity index (χ1) is 12.2. The van der Waals surface area contributed by atoms with Gasteiger partial charge in [-0.25, -0.2) is 14.6 Å². The molecule has 0 aliphatic carbocycles. The normalized spacial score (nSPS) is 12.2. The maximum atomic E-state index is 11.4. The average Bonchev–Trinajstić information content (AvgIpc) is 2.56. The fraction of sp³-hybridized carbons (Fsp3) is 0.947. The Hall–Kier alpha value is -0.890. The second-order valence-corrected chi connectivity index (χ2v) is 7.61. The second-order valence-electron chi connectivity index (χ2n) is 7.61. The van der Waals surface area contributed by atoms with Gasteiger partial charge in [-0.3, -0.25) is 0 Å².